The van der Waals surface area contributed by atoms with Gasteiger partial charge in [-0.05, 0) is 87.8 Å². The quantitative estimate of drug-likeness (QED) is 0.176. The molecule has 0 N–H and O–H groups in total. The lowest BCUT2D eigenvalue weighted by molar-refractivity contribution is 0.638. The Morgan fingerprint density at radius 3 is 1.60 bits per heavy atom. The minimum Gasteiger partial charge on any atom is -0.456 e. The van der Waals surface area contributed by atoms with E-state index in [0.29, 0.717) is 0 Å². The molecule has 2 nitrogen and oxygen atoms in total. The molecule has 0 amide bonds. The highest BCUT2D eigenvalue weighted by molar-refractivity contribution is 6.08. The molecule has 1 heterocycles. The highest BCUT2D eigenvalue weighted by atomic mass is 16.3. The second-order valence-corrected chi connectivity index (χ2v) is 13.8. The Bertz CT molecular complexity index is 2700. The van der Waals surface area contributed by atoms with E-state index in [0.717, 1.165) is 39.0 Å². The topological polar surface area (TPSA) is 16.4 Å². The summed E-state index contributed by atoms with van der Waals surface area (Å²) >= 11 is 0. The molecule has 0 unspecified atom stereocenters. The number of hydrogen-bond donors (Lipinski definition) is 0. The zero-order valence-electron chi connectivity index (χ0n) is 28.8. The Balaban J connectivity index is 1.14. The van der Waals surface area contributed by atoms with Crippen molar-refractivity contribution < 1.29 is 4.42 Å². The summed E-state index contributed by atoms with van der Waals surface area (Å²) in [5.41, 5.74) is 15.8. The van der Waals surface area contributed by atoms with Crippen LogP contribution in [0.3, 0.4) is 0 Å². The van der Waals surface area contributed by atoms with Gasteiger partial charge in [-0.3, -0.25) is 0 Å². The van der Waals surface area contributed by atoms with E-state index in [1.165, 1.54) is 50.1 Å². The van der Waals surface area contributed by atoms with Crippen molar-refractivity contribution in [2.24, 2.45) is 0 Å². The van der Waals surface area contributed by atoms with Gasteiger partial charge in [-0.25, -0.2) is 0 Å². The molecule has 52 heavy (non-hydrogen) atoms. The van der Waals surface area contributed by atoms with Crippen LogP contribution < -0.4 is 4.90 Å². The molecule has 0 atom stereocenters. The van der Waals surface area contributed by atoms with Gasteiger partial charge < -0.3 is 9.32 Å². The Morgan fingerprint density at radius 2 is 0.904 bits per heavy atom. The molecule has 0 bridgehead atoms. The molecule has 8 aromatic carbocycles. The third kappa shape index (κ3) is 4.72. The molecule has 9 aromatic rings. The number of hydrogen-bond acceptors (Lipinski definition) is 2. The number of benzene rings is 8. The van der Waals surface area contributed by atoms with E-state index in [1.54, 1.807) is 0 Å². The van der Waals surface area contributed by atoms with Gasteiger partial charge in [0.2, 0.25) is 0 Å². The summed E-state index contributed by atoms with van der Waals surface area (Å²) in [6.07, 6.45) is 0. The molecule has 1 aromatic heterocycles. The first-order valence-electron chi connectivity index (χ1n) is 17.9. The van der Waals surface area contributed by atoms with Crippen molar-refractivity contribution in [1.82, 2.24) is 0 Å². The standard InChI is InChI=1S/C50H35NO/c1-50(45-23-10-8-20-41(45)42-21-9-11-24-46(42)50)47-25-13-22-44-43-31-30-40(33-48(43)52-49(44)47)51(38-28-26-36(27-29-38)34-14-4-2-5-15-34)39-19-12-18-37(32-39)35-16-6-3-7-17-35/h2-33H,1H3. The summed E-state index contributed by atoms with van der Waals surface area (Å²) in [7, 11) is 0. The van der Waals surface area contributed by atoms with E-state index in [2.05, 4.69) is 206 Å². The van der Waals surface area contributed by atoms with Crippen LogP contribution in [0.5, 0.6) is 0 Å². The molecule has 0 spiro atoms. The molecule has 10 rings (SSSR count). The van der Waals surface area contributed by atoms with Crippen molar-refractivity contribution in [3.8, 4) is 33.4 Å². The average molecular weight is 666 g/mol. The van der Waals surface area contributed by atoms with Crippen molar-refractivity contribution >= 4 is 39.0 Å². The number of anilines is 3. The molecule has 2 heteroatoms. The Labute approximate surface area is 303 Å². The van der Waals surface area contributed by atoms with Crippen LogP contribution in [-0.2, 0) is 5.41 Å². The minimum atomic E-state index is -0.353. The lowest BCUT2D eigenvalue weighted by Gasteiger charge is -2.28. The third-order valence-corrected chi connectivity index (χ3v) is 10.9. The summed E-state index contributed by atoms with van der Waals surface area (Å²) in [5, 5.41) is 2.24. The number of para-hydroxylation sites is 1. The molecule has 0 fully saturated rings. The molecule has 0 saturated heterocycles. The maximum Gasteiger partial charge on any atom is 0.139 e. The van der Waals surface area contributed by atoms with E-state index in [1.807, 2.05) is 0 Å². The summed E-state index contributed by atoms with van der Waals surface area (Å²) in [4.78, 5) is 2.33. The van der Waals surface area contributed by atoms with Gasteiger partial charge in [-0.15, -0.1) is 0 Å². The fourth-order valence-electron chi connectivity index (χ4n) is 8.40. The summed E-state index contributed by atoms with van der Waals surface area (Å²) in [5.74, 6) is 0. The van der Waals surface area contributed by atoms with Crippen molar-refractivity contribution in [2.45, 2.75) is 12.3 Å². The van der Waals surface area contributed by atoms with Crippen LogP contribution in [0.25, 0.3) is 55.3 Å². The van der Waals surface area contributed by atoms with Gasteiger partial charge >= 0.3 is 0 Å². The van der Waals surface area contributed by atoms with Crippen LogP contribution in [0.4, 0.5) is 17.1 Å². The van der Waals surface area contributed by atoms with Gasteiger partial charge in [0.15, 0.2) is 0 Å². The van der Waals surface area contributed by atoms with E-state index in [9.17, 15) is 0 Å². The smallest absolute Gasteiger partial charge is 0.139 e. The van der Waals surface area contributed by atoms with E-state index in [4.69, 9.17) is 4.42 Å². The fraction of sp³-hybridized carbons (Fsp3) is 0.0400. The summed E-state index contributed by atoms with van der Waals surface area (Å²) < 4.78 is 7.00. The summed E-state index contributed by atoms with van der Waals surface area (Å²) in [6, 6.07) is 69.7. The van der Waals surface area contributed by atoms with Gasteiger partial charge in [0.25, 0.3) is 0 Å². The molecule has 1 aliphatic rings. The molecular formula is C50H35NO. The lowest BCUT2D eigenvalue weighted by Crippen LogP contribution is -2.22. The van der Waals surface area contributed by atoms with Crippen molar-refractivity contribution in [3.05, 3.63) is 211 Å². The van der Waals surface area contributed by atoms with Crippen LogP contribution in [-0.4, -0.2) is 0 Å². The first kappa shape index (κ1) is 30.2. The second-order valence-electron chi connectivity index (χ2n) is 13.8. The predicted octanol–water partition coefficient (Wildman–Crippen LogP) is 13.7. The Hall–Kier alpha value is -6.64. The van der Waals surface area contributed by atoms with Gasteiger partial charge in [-0.1, -0.05) is 152 Å². The number of furan rings is 1. The third-order valence-electron chi connectivity index (χ3n) is 10.9. The largest absolute Gasteiger partial charge is 0.456 e. The molecular weight excluding hydrogens is 631 g/mol. The fourth-order valence-corrected chi connectivity index (χ4v) is 8.40. The molecule has 0 radical (unpaired) electrons. The van der Waals surface area contributed by atoms with E-state index < -0.39 is 0 Å². The van der Waals surface area contributed by atoms with Gasteiger partial charge in [0.1, 0.15) is 11.2 Å². The monoisotopic (exact) mass is 665 g/mol. The second kappa shape index (κ2) is 12.0. The van der Waals surface area contributed by atoms with Gasteiger partial charge in [-0.2, -0.15) is 0 Å². The zero-order chi connectivity index (χ0) is 34.6. The maximum absolute atomic E-state index is 7.00. The number of nitrogens with zero attached hydrogens (tertiary/aromatic N) is 1. The molecule has 0 aliphatic heterocycles. The lowest BCUT2D eigenvalue weighted by atomic mass is 9.74. The summed E-state index contributed by atoms with van der Waals surface area (Å²) in [6.45, 7) is 2.35. The van der Waals surface area contributed by atoms with Crippen LogP contribution in [0, 0.1) is 0 Å². The Morgan fingerprint density at radius 1 is 0.385 bits per heavy atom. The highest BCUT2D eigenvalue weighted by Crippen LogP contribution is 2.54. The molecule has 1 aliphatic carbocycles. The molecule has 0 saturated carbocycles. The van der Waals surface area contributed by atoms with Crippen molar-refractivity contribution in [2.75, 3.05) is 4.90 Å². The predicted molar refractivity (Wildman–Crippen MR) is 217 cm³/mol. The normalized spacial score (nSPS) is 12.9. The van der Waals surface area contributed by atoms with Crippen molar-refractivity contribution in [3.63, 3.8) is 0 Å². The zero-order valence-corrected chi connectivity index (χ0v) is 28.8. The minimum absolute atomic E-state index is 0.353. The van der Waals surface area contributed by atoms with Gasteiger partial charge in [0, 0.05) is 44.9 Å². The van der Waals surface area contributed by atoms with Gasteiger partial charge in [0.05, 0.1) is 0 Å². The number of fused-ring (bicyclic) bond motifs is 6. The van der Waals surface area contributed by atoms with Crippen molar-refractivity contribution in [1.29, 1.82) is 0 Å². The first-order valence-corrected chi connectivity index (χ1v) is 17.9. The molecule has 246 valence electrons. The SMILES string of the molecule is CC1(c2cccc3c2oc2cc(N(c4ccc(-c5ccccc5)cc4)c4cccc(-c5ccccc5)c4)ccc23)c2ccccc2-c2ccccc21. The van der Waals surface area contributed by atoms with E-state index in [-0.39, 0.29) is 5.41 Å². The van der Waals surface area contributed by atoms with E-state index >= 15 is 0 Å². The average Bonchev–Trinajstić information content (AvgIpc) is 3.72. The van der Waals surface area contributed by atoms with Crippen LogP contribution in [0.15, 0.2) is 199 Å². The number of rotatable bonds is 6. The first-order chi connectivity index (χ1) is 25.7. The maximum atomic E-state index is 7.00. The van der Waals surface area contributed by atoms with Crippen LogP contribution in [0.2, 0.25) is 0 Å². The van der Waals surface area contributed by atoms with Crippen LogP contribution in [0.1, 0.15) is 23.6 Å². The van der Waals surface area contributed by atoms with Crippen LogP contribution >= 0.6 is 0 Å². The highest BCUT2D eigenvalue weighted by Gasteiger charge is 2.42. The Kier molecular flexibility index (Phi) is 6.97.